The number of oxime groups is 1. The predicted molar refractivity (Wildman–Crippen MR) is 61.4 cm³/mol. The molecule has 0 atom stereocenters. The molecule has 2 aromatic rings. The average molecular weight is 247 g/mol. The molecule has 1 N–H and O–H groups in total. The summed E-state index contributed by atoms with van der Waals surface area (Å²) >= 11 is 0. The molecule has 1 heterocycles. The highest BCUT2D eigenvalue weighted by atomic mass is 16.6. The molecule has 0 spiro atoms. The lowest BCUT2D eigenvalue weighted by molar-refractivity contribution is -0.384. The molecule has 0 fully saturated rings. The second kappa shape index (κ2) is 5.04. The number of hydrogen-bond acceptors (Lipinski definition) is 6. The van der Waals surface area contributed by atoms with Gasteiger partial charge in [-0.05, 0) is 12.1 Å². The average Bonchev–Trinajstić information content (AvgIpc) is 2.89. The summed E-state index contributed by atoms with van der Waals surface area (Å²) in [6.07, 6.45) is 2.85. The summed E-state index contributed by atoms with van der Waals surface area (Å²) in [7, 11) is 0. The Kier molecular flexibility index (Phi) is 3.28. The van der Waals surface area contributed by atoms with Crippen LogP contribution in [0.1, 0.15) is 5.56 Å². The molecule has 0 bridgehead atoms. The maximum absolute atomic E-state index is 10.5. The van der Waals surface area contributed by atoms with Crippen LogP contribution >= 0.6 is 0 Å². The Balaban J connectivity index is 2.20. The zero-order valence-corrected chi connectivity index (χ0v) is 9.17. The highest BCUT2D eigenvalue weighted by molar-refractivity contribution is 6.00. The van der Waals surface area contributed by atoms with Gasteiger partial charge in [0.2, 0.25) is 0 Å². The fraction of sp³-hybridized carbons (Fsp3) is 0.100. The molecule has 1 aromatic heterocycles. The first-order chi connectivity index (χ1) is 8.70. The number of non-ortho nitro benzene ring substituents is 1. The molecule has 0 aliphatic heterocycles. The number of nitrogens with zero attached hydrogens (tertiary/aromatic N) is 5. The minimum Gasteiger partial charge on any atom is -0.411 e. The first kappa shape index (κ1) is 11.7. The van der Waals surface area contributed by atoms with Crippen LogP contribution in [0.15, 0.2) is 42.1 Å². The summed E-state index contributed by atoms with van der Waals surface area (Å²) in [5.74, 6) is 0. The van der Waals surface area contributed by atoms with Crippen molar-refractivity contribution >= 4 is 11.4 Å². The van der Waals surface area contributed by atoms with Crippen LogP contribution in [0.3, 0.4) is 0 Å². The Bertz CT molecular complexity index is 562. The monoisotopic (exact) mass is 247 g/mol. The Morgan fingerprint density at radius 1 is 1.44 bits per heavy atom. The molecule has 92 valence electrons. The smallest absolute Gasteiger partial charge is 0.269 e. The van der Waals surface area contributed by atoms with Crippen LogP contribution in [0.2, 0.25) is 0 Å². The summed E-state index contributed by atoms with van der Waals surface area (Å²) < 4.78 is 1.48. The molecule has 0 saturated carbocycles. The van der Waals surface area contributed by atoms with Crippen molar-refractivity contribution in [3.05, 3.63) is 52.6 Å². The number of hydrogen-bond donors (Lipinski definition) is 1. The van der Waals surface area contributed by atoms with E-state index < -0.39 is 4.92 Å². The van der Waals surface area contributed by atoms with E-state index in [1.807, 2.05) is 0 Å². The van der Waals surface area contributed by atoms with Gasteiger partial charge in [-0.3, -0.25) is 10.1 Å². The molecule has 2 rings (SSSR count). The molecule has 0 unspecified atom stereocenters. The van der Waals surface area contributed by atoms with E-state index in [4.69, 9.17) is 5.21 Å². The van der Waals surface area contributed by atoms with Crippen molar-refractivity contribution < 1.29 is 10.1 Å². The quantitative estimate of drug-likeness (QED) is 0.376. The van der Waals surface area contributed by atoms with Crippen LogP contribution < -0.4 is 0 Å². The predicted octanol–water partition coefficient (Wildman–Crippen LogP) is 1.06. The number of benzene rings is 1. The highest BCUT2D eigenvalue weighted by Gasteiger charge is 2.09. The SMILES string of the molecule is O=[N+]([O-])c1ccc(C(Cn2cncn2)=NO)cc1. The zero-order chi connectivity index (χ0) is 13.0. The Morgan fingerprint density at radius 3 is 2.67 bits per heavy atom. The van der Waals surface area contributed by atoms with Crippen LogP contribution in [-0.2, 0) is 6.54 Å². The van der Waals surface area contributed by atoms with Gasteiger partial charge in [0.05, 0.1) is 11.5 Å². The van der Waals surface area contributed by atoms with E-state index in [9.17, 15) is 10.1 Å². The molecule has 1 aromatic carbocycles. The van der Waals surface area contributed by atoms with Crippen molar-refractivity contribution in [2.24, 2.45) is 5.16 Å². The summed E-state index contributed by atoms with van der Waals surface area (Å²) in [6, 6.07) is 5.73. The normalized spacial score (nSPS) is 11.4. The van der Waals surface area contributed by atoms with Gasteiger partial charge in [-0.2, -0.15) is 5.10 Å². The Morgan fingerprint density at radius 2 is 2.17 bits per heavy atom. The van der Waals surface area contributed by atoms with Crippen LogP contribution in [-0.4, -0.2) is 30.6 Å². The van der Waals surface area contributed by atoms with Crippen LogP contribution in [0.25, 0.3) is 0 Å². The minimum atomic E-state index is -0.489. The third-order valence-electron chi connectivity index (χ3n) is 2.31. The second-order valence-corrected chi connectivity index (χ2v) is 3.44. The van der Waals surface area contributed by atoms with Gasteiger partial charge in [0.15, 0.2) is 0 Å². The molecule has 0 aliphatic carbocycles. The lowest BCUT2D eigenvalue weighted by Crippen LogP contribution is -2.12. The zero-order valence-electron chi connectivity index (χ0n) is 9.17. The van der Waals surface area contributed by atoms with Gasteiger partial charge < -0.3 is 5.21 Å². The van der Waals surface area contributed by atoms with E-state index in [1.54, 1.807) is 0 Å². The molecule has 18 heavy (non-hydrogen) atoms. The van der Waals surface area contributed by atoms with Crippen molar-refractivity contribution in [2.75, 3.05) is 0 Å². The second-order valence-electron chi connectivity index (χ2n) is 3.44. The van der Waals surface area contributed by atoms with E-state index in [0.717, 1.165) is 0 Å². The van der Waals surface area contributed by atoms with Gasteiger partial charge in [-0.1, -0.05) is 5.16 Å². The first-order valence-electron chi connectivity index (χ1n) is 4.99. The van der Waals surface area contributed by atoms with Gasteiger partial charge in [0.1, 0.15) is 18.4 Å². The van der Waals surface area contributed by atoms with Crippen molar-refractivity contribution in [1.29, 1.82) is 0 Å². The van der Waals surface area contributed by atoms with Crippen LogP contribution in [0, 0.1) is 10.1 Å². The van der Waals surface area contributed by atoms with E-state index in [2.05, 4.69) is 15.2 Å². The van der Waals surface area contributed by atoms with Crippen molar-refractivity contribution in [3.8, 4) is 0 Å². The Hall–Kier alpha value is -2.77. The van der Waals surface area contributed by atoms with Gasteiger partial charge >= 0.3 is 0 Å². The summed E-state index contributed by atoms with van der Waals surface area (Å²) in [4.78, 5) is 13.8. The molecule has 0 amide bonds. The van der Waals surface area contributed by atoms with Crippen molar-refractivity contribution in [1.82, 2.24) is 14.8 Å². The van der Waals surface area contributed by atoms with Crippen LogP contribution in [0.5, 0.6) is 0 Å². The van der Waals surface area contributed by atoms with E-state index in [1.165, 1.54) is 41.6 Å². The summed E-state index contributed by atoms with van der Waals surface area (Å²) in [6.45, 7) is 0.230. The van der Waals surface area contributed by atoms with E-state index >= 15 is 0 Å². The lowest BCUT2D eigenvalue weighted by atomic mass is 10.1. The Labute approximate surface area is 101 Å². The summed E-state index contributed by atoms with van der Waals surface area (Å²) in [5, 5.41) is 26.5. The van der Waals surface area contributed by atoms with Gasteiger partial charge in [0.25, 0.3) is 5.69 Å². The molecular formula is C10H9N5O3. The van der Waals surface area contributed by atoms with Gasteiger partial charge in [-0.25, -0.2) is 9.67 Å². The third-order valence-corrected chi connectivity index (χ3v) is 2.31. The van der Waals surface area contributed by atoms with Gasteiger partial charge in [-0.15, -0.1) is 0 Å². The van der Waals surface area contributed by atoms with Gasteiger partial charge in [0, 0.05) is 17.7 Å². The molecular weight excluding hydrogens is 238 g/mol. The highest BCUT2D eigenvalue weighted by Crippen LogP contribution is 2.13. The fourth-order valence-corrected chi connectivity index (χ4v) is 1.42. The third kappa shape index (κ3) is 2.48. The maximum Gasteiger partial charge on any atom is 0.269 e. The van der Waals surface area contributed by atoms with Crippen molar-refractivity contribution in [2.45, 2.75) is 6.54 Å². The molecule has 0 saturated heterocycles. The fourth-order valence-electron chi connectivity index (χ4n) is 1.42. The molecule has 0 aliphatic rings. The number of nitro benzene ring substituents is 1. The minimum absolute atomic E-state index is 0.0169. The maximum atomic E-state index is 10.5. The first-order valence-corrected chi connectivity index (χ1v) is 4.99. The summed E-state index contributed by atoms with van der Waals surface area (Å²) in [5.41, 5.74) is 0.908. The number of nitro groups is 1. The molecule has 8 nitrogen and oxygen atoms in total. The lowest BCUT2D eigenvalue weighted by Gasteiger charge is -2.04. The largest absolute Gasteiger partial charge is 0.411 e. The van der Waals surface area contributed by atoms with E-state index in [0.29, 0.717) is 11.3 Å². The standard InChI is InChI=1S/C10H9N5O3/c16-13-10(5-14-7-11-6-12-14)8-1-3-9(4-2-8)15(17)18/h1-4,6-7,16H,5H2. The number of rotatable bonds is 4. The van der Waals surface area contributed by atoms with E-state index in [-0.39, 0.29) is 12.2 Å². The van der Waals surface area contributed by atoms with Crippen LogP contribution in [0.4, 0.5) is 5.69 Å². The molecule has 8 heteroatoms. The number of aromatic nitrogens is 3. The molecule has 0 radical (unpaired) electrons. The topological polar surface area (TPSA) is 106 Å². The van der Waals surface area contributed by atoms with Crippen molar-refractivity contribution in [3.63, 3.8) is 0 Å².